The van der Waals surface area contributed by atoms with Gasteiger partial charge >= 0.3 is 0 Å². The lowest BCUT2D eigenvalue weighted by atomic mass is 10.1. The minimum atomic E-state index is 0. The lowest BCUT2D eigenvalue weighted by molar-refractivity contribution is -0.122. The van der Waals surface area contributed by atoms with E-state index in [1.807, 2.05) is 0 Å². The van der Waals surface area contributed by atoms with Crippen molar-refractivity contribution in [3.8, 4) is 0 Å². The van der Waals surface area contributed by atoms with Crippen LogP contribution in [0.3, 0.4) is 0 Å². The van der Waals surface area contributed by atoms with E-state index in [0.717, 1.165) is 25.9 Å². The van der Waals surface area contributed by atoms with Crippen molar-refractivity contribution >= 4 is 18.3 Å². The number of hydrogen-bond acceptors (Lipinski definition) is 3. The predicted molar refractivity (Wildman–Crippen MR) is 69.2 cm³/mol. The summed E-state index contributed by atoms with van der Waals surface area (Å²) in [6.07, 6.45) is 6.42. The lowest BCUT2D eigenvalue weighted by Gasteiger charge is -2.16. The third kappa shape index (κ3) is 4.82. The largest absolute Gasteiger partial charge is 0.378 e. The van der Waals surface area contributed by atoms with Crippen molar-refractivity contribution in [2.24, 2.45) is 11.7 Å². The molecule has 100 valence electrons. The molecule has 1 saturated carbocycles. The maximum absolute atomic E-state index is 11.7. The number of hydrogen-bond donors (Lipinski definition) is 2. The van der Waals surface area contributed by atoms with E-state index in [1.165, 1.54) is 12.8 Å². The highest BCUT2D eigenvalue weighted by Gasteiger charge is 2.31. The molecule has 2 rings (SSSR count). The molecule has 3 N–H and O–H groups in total. The topological polar surface area (TPSA) is 64.3 Å². The minimum absolute atomic E-state index is 0. The molecule has 1 aliphatic heterocycles. The van der Waals surface area contributed by atoms with Crippen LogP contribution >= 0.6 is 12.4 Å². The molecule has 0 bridgehead atoms. The molecule has 0 spiro atoms. The van der Waals surface area contributed by atoms with E-state index in [2.05, 4.69) is 5.32 Å². The first-order valence-electron chi connectivity index (χ1n) is 6.40. The fourth-order valence-corrected chi connectivity index (χ4v) is 2.31. The maximum Gasteiger partial charge on any atom is 0.220 e. The van der Waals surface area contributed by atoms with Gasteiger partial charge in [0.1, 0.15) is 0 Å². The normalized spacial score (nSPS) is 25.1. The van der Waals surface area contributed by atoms with Crippen LogP contribution in [-0.4, -0.2) is 31.2 Å². The van der Waals surface area contributed by atoms with Crippen LogP contribution in [0, 0.1) is 5.92 Å². The molecule has 1 saturated heterocycles. The van der Waals surface area contributed by atoms with Crippen LogP contribution in [-0.2, 0) is 9.53 Å². The van der Waals surface area contributed by atoms with Gasteiger partial charge in [0.05, 0.1) is 6.10 Å². The number of rotatable bonds is 6. The van der Waals surface area contributed by atoms with Crippen LogP contribution in [0.25, 0.3) is 0 Å². The summed E-state index contributed by atoms with van der Waals surface area (Å²) in [4.78, 5) is 11.7. The Bertz CT molecular complexity index is 241. The van der Waals surface area contributed by atoms with Crippen molar-refractivity contribution in [2.75, 3.05) is 13.2 Å². The number of ether oxygens (including phenoxy) is 1. The van der Waals surface area contributed by atoms with Crippen LogP contribution in [0.1, 0.15) is 38.5 Å². The molecule has 0 aromatic rings. The summed E-state index contributed by atoms with van der Waals surface area (Å²) in [5.41, 5.74) is 5.64. The maximum atomic E-state index is 11.7. The molecule has 1 heterocycles. The summed E-state index contributed by atoms with van der Waals surface area (Å²) in [6, 6.07) is 0.206. The van der Waals surface area contributed by atoms with Gasteiger partial charge in [0, 0.05) is 25.6 Å². The van der Waals surface area contributed by atoms with Crippen molar-refractivity contribution in [1.29, 1.82) is 0 Å². The second-order valence-electron chi connectivity index (χ2n) is 4.92. The Labute approximate surface area is 109 Å². The van der Waals surface area contributed by atoms with Crippen molar-refractivity contribution < 1.29 is 9.53 Å². The molecule has 2 atom stereocenters. The highest BCUT2D eigenvalue weighted by molar-refractivity contribution is 5.85. The van der Waals surface area contributed by atoms with Crippen molar-refractivity contribution in [3.05, 3.63) is 0 Å². The molecule has 17 heavy (non-hydrogen) atoms. The average Bonchev–Trinajstić information content (AvgIpc) is 3.00. The standard InChI is InChI=1S/C12H22N2O2.ClH/c13-8-11(9-3-4-9)14-12(15)6-5-10-2-1-7-16-10;/h9-11H,1-8,13H2,(H,14,15);1H. The summed E-state index contributed by atoms with van der Waals surface area (Å²) in [5.74, 6) is 0.773. The lowest BCUT2D eigenvalue weighted by Crippen LogP contribution is -2.41. The fraction of sp³-hybridized carbons (Fsp3) is 0.917. The summed E-state index contributed by atoms with van der Waals surface area (Å²) >= 11 is 0. The van der Waals surface area contributed by atoms with E-state index in [-0.39, 0.29) is 24.4 Å². The van der Waals surface area contributed by atoms with E-state index < -0.39 is 0 Å². The number of nitrogens with one attached hydrogen (secondary N) is 1. The third-order valence-electron chi connectivity index (χ3n) is 3.51. The Hall–Kier alpha value is -0.320. The number of carbonyl (C=O) groups excluding carboxylic acids is 1. The van der Waals surface area contributed by atoms with Gasteiger partial charge < -0.3 is 15.8 Å². The van der Waals surface area contributed by atoms with Gasteiger partial charge in [-0.05, 0) is 38.0 Å². The fourth-order valence-electron chi connectivity index (χ4n) is 2.31. The highest BCUT2D eigenvalue weighted by atomic mass is 35.5. The Morgan fingerprint density at radius 1 is 1.41 bits per heavy atom. The Morgan fingerprint density at radius 2 is 2.18 bits per heavy atom. The highest BCUT2D eigenvalue weighted by Crippen LogP contribution is 2.32. The van der Waals surface area contributed by atoms with Crippen molar-refractivity contribution in [2.45, 2.75) is 50.7 Å². The SMILES string of the molecule is Cl.NCC(NC(=O)CCC1CCCO1)C1CC1. The summed E-state index contributed by atoms with van der Waals surface area (Å²) < 4.78 is 5.49. The van der Waals surface area contributed by atoms with Gasteiger partial charge in [-0.3, -0.25) is 4.79 Å². The summed E-state index contributed by atoms with van der Waals surface area (Å²) in [5, 5.41) is 3.03. The van der Waals surface area contributed by atoms with E-state index in [1.54, 1.807) is 0 Å². The van der Waals surface area contributed by atoms with Crippen LogP contribution in [0.5, 0.6) is 0 Å². The molecule has 0 radical (unpaired) electrons. The van der Waals surface area contributed by atoms with Crippen LogP contribution in [0.4, 0.5) is 0 Å². The van der Waals surface area contributed by atoms with Crippen LogP contribution in [0.15, 0.2) is 0 Å². The molecule has 1 amide bonds. The molecule has 5 heteroatoms. The Balaban J connectivity index is 0.00000144. The first-order valence-corrected chi connectivity index (χ1v) is 6.40. The van der Waals surface area contributed by atoms with Crippen molar-refractivity contribution in [1.82, 2.24) is 5.32 Å². The van der Waals surface area contributed by atoms with Gasteiger partial charge in [0.2, 0.25) is 5.91 Å². The average molecular weight is 263 g/mol. The number of nitrogens with two attached hydrogens (primary N) is 1. The zero-order chi connectivity index (χ0) is 11.4. The van der Waals surface area contributed by atoms with Gasteiger partial charge in [0.25, 0.3) is 0 Å². The first-order chi connectivity index (χ1) is 7.79. The Morgan fingerprint density at radius 3 is 2.71 bits per heavy atom. The molecule has 2 aliphatic rings. The second-order valence-corrected chi connectivity index (χ2v) is 4.92. The smallest absolute Gasteiger partial charge is 0.220 e. The van der Waals surface area contributed by atoms with Crippen LogP contribution in [0.2, 0.25) is 0 Å². The number of amides is 1. The number of carbonyl (C=O) groups is 1. The molecule has 0 aromatic carbocycles. The summed E-state index contributed by atoms with van der Waals surface area (Å²) in [7, 11) is 0. The molecule has 0 aromatic heterocycles. The number of halogens is 1. The zero-order valence-corrected chi connectivity index (χ0v) is 11.0. The third-order valence-corrected chi connectivity index (χ3v) is 3.51. The van der Waals surface area contributed by atoms with Gasteiger partial charge in [-0.1, -0.05) is 0 Å². The zero-order valence-electron chi connectivity index (χ0n) is 10.2. The van der Waals surface area contributed by atoms with Crippen LogP contribution < -0.4 is 11.1 Å². The van der Waals surface area contributed by atoms with Gasteiger partial charge in [-0.2, -0.15) is 0 Å². The quantitative estimate of drug-likeness (QED) is 0.757. The van der Waals surface area contributed by atoms with E-state index in [9.17, 15) is 4.79 Å². The monoisotopic (exact) mass is 262 g/mol. The molecule has 2 fully saturated rings. The first kappa shape index (κ1) is 14.7. The molecular formula is C12H23ClN2O2. The molecular weight excluding hydrogens is 240 g/mol. The van der Waals surface area contributed by atoms with Gasteiger partial charge in [0.15, 0.2) is 0 Å². The van der Waals surface area contributed by atoms with Gasteiger partial charge in [-0.15, -0.1) is 12.4 Å². The Kier molecular flexibility index (Phi) is 6.23. The molecule has 2 unspecified atom stereocenters. The van der Waals surface area contributed by atoms with Crippen molar-refractivity contribution in [3.63, 3.8) is 0 Å². The van der Waals surface area contributed by atoms with E-state index in [0.29, 0.717) is 25.0 Å². The molecule has 1 aliphatic carbocycles. The van der Waals surface area contributed by atoms with E-state index >= 15 is 0 Å². The van der Waals surface area contributed by atoms with E-state index in [4.69, 9.17) is 10.5 Å². The molecule has 4 nitrogen and oxygen atoms in total. The predicted octanol–water partition coefficient (Wildman–Crippen LogP) is 1.22. The second kappa shape index (κ2) is 7.19. The summed E-state index contributed by atoms with van der Waals surface area (Å²) in [6.45, 7) is 1.43. The van der Waals surface area contributed by atoms with Gasteiger partial charge in [-0.25, -0.2) is 0 Å². The minimum Gasteiger partial charge on any atom is -0.378 e.